The molecule has 92 valence electrons. The standard InChI is InChI=1S/C12H11FN4S/c1-6-10(18-12(14)15-6)11-16-8-5-7(13)3-4-9(8)17(11)2/h3-5H,1-2H3,(H2,14,15). The van der Waals surface area contributed by atoms with Gasteiger partial charge in [-0.3, -0.25) is 0 Å². The minimum Gasteiger partial charge on any atom is -0.375 e. The predicted molar refractivity (Wildman–Crippen MR) is 70.9 cm³/mol. The highest BCUT2D eigenvalue weighted by atomic mass is 32.1. The molecular formula is C12H11FN4S. The average molecular weight is 262 g/mol. The number of anilines is 1. The van der Waals surface area contributed by atoms with E-state index >= 15 is 0 Å². The number of nitrogen functional groups attached to an aromatic ring is 1. The summed E-state index contributed by atoms with van der Waals surface area (Å²) in [6.07, 6.45) is 0. The summed E-state index contributed by atoms with van der Waals surface area (Å²) in [5.74, 6) is 0.481. The fraction of sp³-hybridized carbons (Fsp3) is 0.167. The number of rotatable bonds is 1. The predicted octanol–water partition coefficient (Wildman–Crippen LogP) is 2.73. The van der Waals surface area contributed by atoms with Crippen LogP contribution in [0.1, 0.15) is 5.69 Å². The van der Waals surface area contributed by atoms with Crippen molar-refractivity contribution < 1.29 is 4.39 Å². The van der Waals surface area contributed by atoms with Gasteiger partial charge in [-0.05, 0) is 19.1 Å². The average Bonchev–Trinajstić information content (AvgIpc) is 2.79. The van der Waals surface area contributed by atoms with E-state index in [0.29, 0.717) is 10.6 Å². The van der Waals surface area contributed by atoms with Crippen LogP contribution < -0.4 is 5.73 Å². The van der Waals surface area contributed by atoms with Crippen molar-refractivity contribution in [1.29, 1.82) is 0 Å². The second-order valence-corrected chi connectivity index (χ2v) is 5.12. The summed E-state index contributed by atoms with van der Waals surface area (Å²) < 4.78 is 15.1. The Balaban J connectivity index is 2.30. The smallest absolute Gasteiger partial charge is 0.180 e. The maximum absolute atomic E-state index is 13.2. The van der Waals surface area contributed by atoms with E-state index in [1.807, 2.05) is 18.5 Å². The van der Waals surface area contributed by atoms with Crippen LogP contribution in [0.5, 0.6) is 0 Å². The Hall–Kier alpha value is -1.95. The van der Waals surface area contributed by atoms with Crippen LogP contribution in [0.2, 0.25) is 0 Å². The number of nitrogens with zero attached hydrogens (tertiary/aromatic N) is 3. The fourth-order valence-electron chi connectivity index (χ4n) is 2.00. The van der Waals surface area contributed by atoms with E-state index in [1.54, 1.807) is 6.07 Å². The molecule has 0 amide bonds. The van der Waals surface area contributed by atoms with Gasteiger partial charge in [0.25, 0.3) is 0 Å². The molecule has 0 spiro atoms. The maximum Gasteiger partial charge on any atom is 0.180 e. The topological polar surface area (TPSA) is 56.7 Å². The van der Waals surface area contributed by atoms with E-state index in [-0.39, 0.29) is 5.82 Å². The minimum atomic E-state index is -0.285. The van der Waals surface area contributed by atoms with Crippen molar-refractivity contribution in [2.75, 3.05) is 5.73 Å². The van der Waals surface area contributed by atoms with Crippen molar-refractivity contribution in [3.05, 3.63) is 29.7 Å². The lowest BCUT2D eigenvalue weighted by molar-refractivity contribution is 0.629. The van der Waals surface area contributed by atoms with Gasteiger partial charge in [0.1, 0.15) is 5.82 Å². The van der Waals surface area contributed by atoms with Crippen molar-refractivity contribution in [2.24, 2.45) is 7.05 Å². The molecule has 18 heavy (non-hydrogen) atoms. The second kappa shape index (κ2) is 3.78. The summed E-state index contributed by atoms with van der Waals surface area (Å²) in [6, 6.07) is 4.58. The summed E-state index contributed by atoms with van der Waals surface area (Å²) in [6.45, 7) is 1.89. The maximum atomic E-state index is 13.2. The number of aromatic nitrogens is 3. The van der Waals surface area contributed by atoms with Crippen LogP contribution in [0.15, 0.2) is 18.2 Å². The molecule has 0 saturated heterocycles. The van der Waals surface area contributed by atoms with Crippen molar-refractivity contribution in [3.8, 4) is 10.7 Å². The van der Waals surface area contributed by atoms with Crippen LogP contribution in [0.25, 0.3) is 21.7 Å². The van der Waals surface area contributed by atoms with Gasteiger partial charge >= 0.3 is 0 Å². The molecule has 0 atom stereocenters. The van der Waals surface area contributed by atoms with Crippen LogP contribution in [-0.4, -0.2) is 14.5 Å². The number of imidazole rings is 1. The van der Waals surface area contributed by atoms with Crippen LogP contribution in [-0.2, 0) is 7.05 Å². The van der Waals surface area contributed by atoms with Crippen LogP contribution in [0.4, 0.5) is 9.52 Å². The van der Waals surface area contributed by atoms with E-state index in [1.165, 1.54) is 23.5 Å². The van der Waals surface area contributed by atoms with Crippen molar-refractivity contribution in [3.63, 3.8) is 0 Å². The molecule has 2 heterocycles. The highest BCUT2D eigenvalue weighted by Crippen LogP contribution is 2.32. The van der Waals surface area contributed by atoms with Gasteiger partial charge < -0.3 is 10.3 Å². The Morgan fingerprint density at radius 3 is 2.78 bits per heavy atom. The van der Waals surface area contributed by atoms with Crippen molar-refractivity contribution >= 4 is 27.5 Å². The molecule has 0 saturated carbocycles. The number of benzene rings is 1. The summed E-state index contributed by atoms with van der Waals surface area (Å²) in [4.78, 5) is 9.56. The molecule has 1 aromatic carbocycles. The fourth-order valence-corrected chi connectivity index (χ4v) is 2.86. The molecule has 6 heteroatoms. The molecule has 0 aliphatic rings. The zero-order valence-electron chi connectivity index (χ0n) is 9.94. The van der Waals surface area contributed by atoms with Crippen LogP contribution in [0, 0.1) is 12.7 Å². The summed E-state index contributed by atoms with van der Waals surface area (Å²) in [5.41, 5.74) is 8.06. The van der Waals surface area contributed by atoms with E-state index in [2.05, 4.69) is 9.97 Å². The molecule has 0 bridgehead atoms. The molecule has 2 N–H and O–H groups in total. The van der Waals surface area contributed by atoms with E-state index < -0.39 is 0 Å². The molecule has 4 nitrogen and oxygen atoms in total. The third kappa shape index (κ3) is 1.57. The van der Waals surface area contributed by atoms with Gasteiger partial charge in [0.2, 0.25) is 0 Å². The minimum absolute atomic E-state index is 0.285. The molecule has 0 aliphatic carbocycles. The highest BCUT2D eigenvalue weighted by Gasteiger charge is 2.15. The van der Waals surface area contributed by atoms with Gasteiger partial charge in [0.15, 0.2) is 11.0 Å². The van der Waals surface area contributed by atoms with Crippen molar-refractivity contribution in [1.82, 2.24) is 14.5 Å². The van der Waals surface area contributed by atoms with Gasteiger partial charge in [-0.1, -0.05) is 11.3 Å². The first kappa shape index (κ1) is 11.2. The van der Waals surface area contributed by atoms with Gasteiger partial charge in [0, 0.05) is 13.1 Å². The second-order valence-electron chi connectivity index (χ2n) is 4.09. The third-order valence-corrected chi connectivity index (χ3v) is 3.84. The molecule has 2 aromatic heterocycles. The Kier molecular flexibility index (Phi) is 2.34. The third-order valence-electron chi connectivity index (χ3n) is 2.86. The molecule has 0 radical (unpaired) electrons. The number of nitrogens with two attached hydrogens (primary N) is 1. The molecule has 3 rings (SSSR count). The number of fused-ring (bicyclic) bond motifs is 1. The number of halogens is 1. The number of aryl methyl sites for hydroxylation is 2. The lowest BCUT2D eigenvalue weighted by Crippen LogP contribution is -1.92. The van der Waals surface area contributed by atoms with E-state index in [4.69, 9.17) is 5.73 Å². The Bertz CT molecular complexity index is 744. The number of hydrogen-bond acceptors (Lipinski definition) is 4. The first-order chi connectivity index (χ1) is 8.56. The van der Waals surface area contributed by atoms with Crippen LogP contribution in [0.3, 0.4) is 0 Å². The van der Waals surface area contributed by atoms with Crippen LogP contribution >= 0.6 is 11.3 Å². The van der Waals surface area contributed by atoms with Gasteiger partial charge in [-0.15, -0.1) is 0 Å². The first-order valence-electron chi connectivity index (χ1n) is 5.41. The zero-order valence-corrected chi connectivity index (χ0v) is 10.8. The molecule has 3 aromatic rings. The highest BCUT2D eigenvalue weighted by molar-refractivity contribution is 7.18. The Labute approximate surface area is 107 Å². The number of thiazole rings is 1. The summed E-state index contributed by atoms with van der Waals surface area (Å²) in [5, 5.41) is 0.515. The first-order valence-corrected chi connectivity index (χ1v) is 6.23. The quantitative estimate of drug-likeness (QED) is 0.733. The zero-order chi connectivity index (χ0) is 12.9. The molecule has 0 aliphatic heterocycles. The lowest BCUT2D eigenvalue weighted by atomic mass is 10.3. The van der Waals surface area contributed by atoms with Gasteiger partial charge in [-0.2, -0.15) is 0 Å². The summed E-state index contributed by atoms with van der Waals surface area (Å²) in [7, 11) is 1.90. The molecule has 0 fully saturated rings. The van der Waals surface area contributed by atoms with Gasteiger partial charge in [0.05, 0.1) is 21.6 Å². The largest absolute Gasteiger partial charge is 0.375 e. The summed E-state index contributed by atoms with van der Waals surface area (Å²) >= 11 is 1.39. The Morgan fingerprint density at radius 2 is 2.11 bits per heavy atom. The SMILES string of the molecule is Cc1nc(N)sc1-c1nc2cc(F)ccc2n1C. The van der Waals surface area contributed by atoms with E-state index in [9.17, 15) is 4.39 Å². The van der Waals surface area contributed by atoms with E-state index in [0.717, 1.165) is 21.9 Å². The number of hydrogen-bond donors (Lipinski definition) is 1. The normalized spacial score (nSPS) is 11.3. The van der Waals surface area contributed by atoms with Crippen molar-refractivity contribution in [2.45, 2.75) is 6.92 Å². The monoisotopic (exact) mass is 262 g/mol. The molecule has 0 unspecified atom stereocenters. The Morgan fingerprint density at radius 1 is 1.33 bits per heavy atom. The lowest BCUT2D eigenvalue weighted by Gasteiger charge is -1.99. The van der Waals surface area contributed by atoms with Gasteiger partial charge in [-0.25, -0.2) is 14.4 Å². The molecular weight excluding hydrogens is 251 g/mol.